The number of nitrogens with one attached hydrogen (secondary N) is 1. The molecule has 0 unspecified atom stereocenters. The molecule has 2 aliphatic heterocycles. The van der Waals surface area contributed by atoms with Gasteiger partial charge in [0.15, 0.2) is 0 Å². The molecule has 2 fully saturated rings. The van der Waals surface area contributed by atoms with Gasteiger partial charge in [-0.2, -0.15) is 0 Å². The first-order chi connectivity index (χ1) is 11.4. The van der Waals surface area contributed by atoms with Crippen LogP contribution in [0.3, 0.4) is 0 Å². The fourth-order valence-electron chi connectivity index (χ4n) is 3.81. The summed E-state index contributed by atoms with van der Waals surface area (Å²) in [7, 11) is 3.58. The van der Waals surface area contributed by atoms with Gasteiger partial charge < -0.3 is 10.2 Å². The van der Waals surface area contributed by atoms with E-state index in [4.69, 9.17) is 0 Å². The number of halogens is 1. The van der Waals surface area contributed by atoms with Gasteiger partial charge in [-0.15, -0.1) is 0 Å². The van der Waals surface area contributed by atoms with Crippen molar-refractivity contribution in [3.05, 3.63) is 35.6 Å². The predicted molar refractivity (Wildman–Crippen MR) is 88.7 cm³/mol. The molecular formula is C18H24FN3O2. The number of nitrogens with zero attached hydrogens (tertiary/aromatic N) is 2. The van der Waals surface area contributed by atoms with Crippen LogP contribution in [0.1, 0.15) is 37.3 Å². The van der Waals surface area contributed by atoms with Crippen molar-refractivity contribution in [1.29, 1.82) is 0 Å². The Bertz CT molecular complexity index is 639. The van der Waals surface area contributed by atoms with Crippen molar-refractivity contribution in [2.24, 2.45) is 0 Å². The third-order valence-electron chi connectivity index (χ3n) is 5.22. The van der Waals surface area contributed by atoms with Gasteiger partial charge >= 0.3 is 0 Å². The molecule has 1 aromatic carbocycles. The Kier molecular flexibility index (Phi) is 4.58. The van der Waals surface area contributed by atoms with E-state index in [1.165, 1.54) is 6.07 Å². The second-order valence-corrected chi connectivity index (χ2v) is 7.04. The Labute approximate surface area is 141 Å². The van der Waals surface area contributed by atoms with Gasteiger partial charge in [0.05, 0.1) is 0 Å². The zero-order valence-electron chi connectivity index (χ0n) is 14.2. The van der Waals surface area contributed by atoms with Crippen LogP contribution in [0.2, 0.25) is 0 Å². The van der Waals surface area contributed by atoms with Crippen molar-refractivity contribution in [2.45, 2.75) is 37.3 Å². The first kappa shape index (κ1) is 16.9. The van der Waals surface area contributed by atoms with E-state index < -0.39 is 6.04 Å². The maximum absolute atomic E-state index is 14.2. The lowest BCUT2D eigenvalue weighted by Crippen LogP contribution is -2.53. The van der Waals surface area contributed by atoms with E-state index >= 15 is 0 Å². The molecule has 2 aliphatic rings. The number of amides is 2. The second kappa shape index (κ2) is 6.51. The number of carbonyl (C=O) groups excluding carboxylic acids is 2. The molecular weight excluding hydrogens is 309 g/mol. The molecule has 24 heavy (non-hydrogen) atoms. The molecule has 3 rings (SSSR count). The topological polar surface area (TPSA) is 52.7 Å². The second-order valence-electron chi connectivity index (χ2n) is 7.04. The molecule has 0 aromatic heterocycles. The van der Waals surface area contributed by atoms with Crippen LogP contribution in [0.4, 0.5) is 4.39 Å². The van der Waals surface area contributed by atoms with E-state index in [0.717, 1.165) is 19.3 Å². The number of piperidine rings is 1. The minimum absolute atomic E-state index is 0.0794. The van der Waals surface area contributed by atoms with Gasteiger partial charge in [-0.3, -0.25) is 14.5 Å². The van der Waals surface area contributed by atoms with Crippen LogP contribution < -0.4 is 5.32 Å². The highest BCUT2D eigenvalue weighted by Gasteiger charge is 2.42. The highest BCUT2D eigenvalue weighted by molar-refractivity contribution is 5.84. The lowest BCUT2D eigenvalue weighted by atomic mass is 9.86. The summed E-state index contributed by atoms with van der Waals surface area (Å²) in [6.07, 6.45) is 2.95. The fraction of sp³-hybridized carbons (Fsp3) is 0.556. The summed E-state index contributed by atoms with van der Waals surface area (Å²) in [6.45, 7) is 1.19. The summed E-state index contributed by atoms with van der Waals surface area (Å²) in [5.74, 6) is -0.335. The Hall–Kier alpha value is -1.95. The van der Waals surface area contributed by atoms with Crippen molar-refractivity contribution in [3.8, 4) is 0 Å². The van der Waals surface area contributed by atoms with Crippen LogP contribution in [-0.4, -0.2) is 54.3 Å². The first-order valence-corrected chi connectivity index (χ1v) is 8.42. The van der Waals surface area contributed by atoms with Gasteiger partial charge in [-0.05, 0) is 39.4 Å². The van der Waals surface area contributed by atoms with Gasteiger partial charge in [-0.1, -0.05) is 18.2 Å². The van der Waals surface area contributed by atoms with Gasteiger partial charge in [0, 0.05) is 30.6 Å². The zero-order valence-corrected chi connectivity index (χ0v) is 14.2. The molecule has 1 spiro atoms. The third kappa shape index (κ3) is 3.15. The number of carbonyl (C=O) groups is 2. The lowest BCUT2D eigenvalue weighted by molar-refractivity contribution is -0.138. The van der Waals surface area contributed by atoms with E-state index in [-0.39, 0.29) is 23.2 Å². The minimum atomic E-state index is -0.626. The van der Waals surface area contributed by atoms with Crippen molar-refractivity contribution in [1.82, 2.24) is 15.1 Å². The summed E-state index contributed by atoms with van der Waals surface area (Å²) in [5, 5.41) is 3.07. The summed E-state index contributed by atoms with van der Waals surface area (Å²) in [5.41, 5.74) is 0.265. The third-order valence-corrected chi connectivity index (χ3v) is 5.22. The summed E-state index contributed by atoms with van der Waals surface area (Å²) in [6, 6.07) is 5.81. The summed E-state index contributed by atoms with van der Waals surface area (Å²) in [4.78, 5) is 28.1. The Balaban J connectivity index is 1.73. The molecule has 1 aromatic rings. The maximum Gasteiger partial charge on any atom is 0.244 e. The van der Waals surface area contributed by atoms with Crippen molar-refractivity contribution >= 4 is 11.8 Å². The highest BCUT2D eigenvalue weighted by Crippen LogP contribution is 2.33. The molecule has 130 valence electrons. The predicted octanol–water partition coefficient (Wildman–Crippen LogP) is 1.70. The molecule has 1 atom stereocenters. The largest absolute Gasteiger partial charge is 0.351 e. The quantitative estimate of drug-likeness (QED) is 0.916. The van der Waals surface area contributed by atoms with Gasteiger partial charge in [0.2, 0.25) is 11.8 Å². The molecule has 0 bridgehead atoms. The van der Waals surface area contributed by atoms with Crippen molar-refractivity contribution < 1.29 is 14.0 Å². The van der Waals surface area contributed by atoms with Crippen LogP contribution in [0, 0.1) is 5.82 Å². The summed E-state index contributed by atoms with van der Waals surface area (Å²) < 4.78 is 14.2. The molecule has 0 saturated carbocycles. The monoisotopic (exact) mass is 333 g/mol. The van der Waals surface area contributed by atoms with Gasteiger partial charge in [0.25, 0.3) is 0 Å². The van der Waals surface area contributed by atoms with Crippen LogP contribution in [0.25, 0.3) is 0 Å². The fourth-order valence-corrected chi connectivity index (χ4v) is 3.81. The van der Waals surface area contributed by atoms with E-state index in [2.05, 4.69) is 5.32 Å². The van der Waals surface area contributed by atoms with E-state index in [0.29, 0.717) is 25.1 Å². The highest BCUT2D eigenvalue weighted by atomic mass is 19.1. The van der Waals surface area contributed by atoms with Crippen LogP contribution in [0.15, 0.2) is 24.3 Å². The molecule has 0 radical (unpaired) electrons. The molecule has 2 amide bonds. The van der Waals surface area contributed by atoms with Crippen LogP contribution >= 0.6 is 0 Å². The molecule has 6 heteroatoms. The maximum atomic E-state index is 14.2. The average molecular weight is 333 g/mol. The number of likely N-dealkylation sites (tertiary alicyclic amines) is 1. The number of hydrogen-bond donors (Lipinski definition) is 1. The van der Waals surface area contributed by atoms with E-state index in [1.54, 1.807) is 42.1 Å². The standard InChI is InChI=1S/C18H24FN3O2/c1-21(2)16(13-5-3-4-6-14(13)19)17(24)22-11-9-18(10-12-22)8-7-15(23)20-18/h3-6,16H,7-12H2,1-2H3,(H,20,23)/t16-/m0/s1. The number of benzene rings is 1. The number of rotatable bonds is 3. The SMILES string of the molecule is CN(C)[C@H](C(=O)N1CCC2(CCC(=O)N2)CC1)c1ccccc1F. The molecule has 2 heterocycles. The lowest BCUT2D eigenvalue weighted by Gasteiger charge is -2.41. The Morgan fingerprint density at radius 3 is 2.46 bits per heavy atom. The van der Waals surface area contributed by atoms with Crippen molar-refractivity contribution in [2.75, 3.05) is 27.2 Å². The van der Waals surface area contributed by atoms with Gasteiger partial charge in [0.1, 0.15) is 11.9 Å². The average Bonchev–Trinajstić information content (AvgIpc) is 2.90. The van der Waals surface area contributed by atoms with Crippen LogP contribution in [0.5, 0.6) is 0 Å². The molecule has 0 aliphatic carbocycles. The zero-order chi connectivity index (χ0) is 17.3. The normalized spacial score (nSPS) is 21.2. The molecule has 5 nitrogen and oxygen atoms in total. The number of likely N-dealkylation sites (N-methyl/N-ethyl adjacent to an activating group) is 1. The van der Waals surface area contributed by atoms with Gasteiger partial charge in [-0.25, -0.2) is 4.39 Å². The first-order valence-electron chi connectivity index (χ1n) is 8.42. The minimum Gasteiger partial charge on any atom is -0.351 e. The van der Waals surface area contributed by atoms with E-state index in [1.807, 2.05) is 0 Å². The van der Waals surface area contributed by atoms with Crippen LogP contribution in [-0.2, 0) is 9.59 Å². The smallest absolute Gasteiger partial charge is 0.244 e. The number of hydrogen-bond acceptors (Lipinski definition) is 3. The molecule has 2 saturated heterocycles. The summed E-state index contributed by atoms with van der Waals surface area (Å²) >= 11 is 0. The Morgan fingerprint density at radius 2 is 1.92 bits per heavy atom. The molecule has 1 N–H and O–H groups in total. The van der Waals surface area contributed by atoms with E-state index in [9.17, 15) is 14.0 Å². The Morgan fingerprint density at radius 1 is 1.25 bits per heavy atom. The van der Waals surface area contributed by atoms with Crippen molar-refractivity contribution in [3.63, 3.8) is 0 Å².